The number of hydrogen-bond acceptors (Lipinski definition) is 4. The van der Waals surface area contributed by atoms with Gasteiger partial charge in [-0.2, -0.15) is 0 Å². The van der Waals surface area contributed by atoms with Gasteiger partial charge in [0.15, 0.2) is 0 Å². The molecule has 0 atom stereocenters. The van der Waals surface area contributed by atoms with E-state index in [2.05, 4.69) is 10.1 Å². The number of rotatable bonds is 3. The second kappa shape index (κ2) is 4.83. The van der Waals surface area contributed by atoms with Crippen molar-refractivity contribution in [1.29, 1.82) is 0 Å². The van der Waals surface area contributed by atoms with Crippen LogP contribution in [-0.2, 0) is 4.74 Å². The molecule has 76 valence electrons. The Morgan fingerprint density at radius 3 is 2.93 bits per heavy atom. The first-order valence-corrected chi connectivity index (χ1v) is 4.38. The molecule has 0 bridgehead atoms. The number of carbonyl (C=O) groups excluding carboxylic acids is 1. The van der Waals surface area contributed by atoms with E-state index in [9.17, 15) is 4.79 Å². The summed E-state index contributed by atoms with van der Waals surface area (Å²) in [6.07, 6.45) is 0. The van der Waals surface area contributed by atoms with Crippen LogP contribution in [-0.4, -0.2) is 19.7 Å². The molecule has 0 aliphatic heterocycles. The maximum Gasteiger partial charge on any atom is 0.337 e. The normalized spacial score (nSPS) is 9.64. The molecule has 0 amide bonds. The van der Waals surface area contributed by atoms with Gasteiger partial charge in [0.25, 0.3) is 0 Å². The molecule has 0 fully saturated rings. The SMILES string of the molecule is COC(=O)c1ccc(Cl)c(NCN)c1. The monoisotopic (exact) mass is 214 g/mol. The Kier molecular flexibility index (Phi) is 3.73. The lowest BCUT2D eigenvalue weighted by Gasteiger charge is -2.07. The third-order valence-corrected chi connectivity index (χ3v) is 2.01. The van der Waals surface area contributed by atoms with Crippen molar-refractivity contribution in [3.05, 3.63) is 28.8 Å². The molecule has 1 aromatic carbocycles. The molecule has 1 rings (SSSR count). The minimum absolute atomic E-state index is 0.254. The van der Waals surface area contributed by atoms with Crippen molar-refractivity contribution >= 4 is 23.3 Å². The lowest BCUT2D eigenvalue weighted by atomic mass is 10.2. The van der Waals surface area contributed by atoms with Gasteiger partial charge in [0.2, 0.25) is 0 Å². The molecule has 0 aliphatic rings. The van der Waals surface area contributed by atoms with Crippen molar-refractivity contribution in [3.8, 4) is 0 Å². The van der Waals surface area contributed by atoms with Gasteiger partial charge in [-0.25, -0.2) is 4.79 Å². The van der Waals surface area contributed by atoms with Gasteiger partial charge in [-0.3, -0.25) is 0 Å². The number of carbonyl (C=O) groups is 1. The number of benzene rings is 1. The number of esters is 1. The highest BCUT2D eigenvalue weighted by molar-refractivity contribution is 6.33. The first-order chi connectivity index (χ1) is 6.69. The Morgan fingerprint density at radius 2 is 2.36 bits per heavy atom. The molecule has 0 saturated carbocycles. The van der Waals surface area contributed by atoms with E-state index in [0.29, 0.717) is 16.3 Å². The molecule has 0 spiro atoms. The van der Waals surface area contributed by atoms with Gasteiger partial charge in [-0.1, -0.05) is 11.6 Å². The molecule has 0 heterocycles. The number of nitrogens with one attached hydrogen (secondary N) is 1. The van der Waals surface area contributed by atoms with E-state index in [1.165, 1.54) is 7.11 Å². The summed E-state index contributed by atoms with van der Waals surface area (Å²) < 4.78 is 4.57. The summed E-state index contributed by atoms with van der Waals surface area (Å²) in [7, 11) is 1.33. The van der Waals surface area contributed by atoms with Gasteiger partial charge in [0.05, 0.1) is 30.1 Å². The summed E-state index contributed by atoms with van der Waals surface area (Å²) in [5.74, 6) is -0.401. The van der Waals surface area contributed by atoms with Crippen molar-refractivity contribution in [2.75, 3.05) is 19.1 Å². The zero-order valence-corrected chi connectivity index (χ0v) is 8.47. The Labute approximate surface area is 87.0 Å². The molecular weight excluding hydrogens is 204 g/mol. The van der Waals surface area contributed by atoms with E-state index in [1.54, 1.807) is 18.2 Å². The zero-order chi connectivity index (χ0) is 10.6. The third kappa shape index (κ3) is 2.37. The number of ether oxygens (including phenoxy) is 1. The largest absolute Gasteiger partial charge is 0.465 e. The maximum absolute atomic E-state index is 11.2. The summed E-state index contributed by atoms with van der Waals surface area (Å²) in [5.41, 5.74) is 6.36. The van der Waals surface area contributed by atoms with Crippen LogP contribution >= 0.6 is 11.6 Å². The first-order valence-electron chi connectivity index (χ1n) is 4.01. The minimum atomic E-state index is -0.401. The Bertz CT molecular complexity index is 342. The quantitative estimate of drug-likeness (QED) is 0.591. The van der Waals surface area contributed by atoms with Gasteiger partial charge in [0, 0.05) is 0 Å². The highest BCUT2D eigenvalue weighted by atomic mass is 35.5. The summed E-state index contributed by atoms with van der Waals surface area (Å²) >= 11 is 5.85. The molecule has 0 unspecified atom stereocenters. The topological polar surface area (TPSA) is 64.3 Å². The van der Waals surface area contributed by atoms with Crippen LogP contribution in [0.1, 0.15) is 10.4 Å². The van der Waals surface area contributed by atoms with E-state index in [-0.39, 0.29) is 6.67 Å². The number of anilines is 1. The Balaban J connectivity index is 2.99. The maximum atomic E-state index is 11.2. The van der Waals surface area contributed by atoms with Gasteiger partial charge in [0.1, 0.15) is 0 Å². The van der Waals surface area contributed by atoms with Crippen LogP contribution in [0.2, 0.25) is 5.02 Å². The van der Waals surface area contributed by atoms with E-state index in [4.69, 9.17) is 17.3 Å². The van der Waals surface area contributed by atoms with Gasteiger partial charge < -0.3 is 15.8 Å². The number of nitrogens with two attached hydrogens (primary N) is 1. The third-order valence-electron chi connectivity index (χ3n) is 1.68. The average Bonchev–Trinajstić information content (AvgIpc) is 2.20. The Morgan fingerprint density at radius 1 is 1.64 bits per heavy atom. The van der Waals surface area contributed by atoms with Gasteiger partial charge in [-0.05, 0) is 18.2 Å². The number of methoxy groups -OCH3 is 1. The predicted molar refractivity (Wildman–Crippen MR) is 55.5 cm³/mol. The van der Waals surface area contributed by atoms with Crippen molar-refractivity contribution in [2.24, 2.45) is 5.73 Å². The fourth-order valence-electron chi connectivity index (χ4n) is 1.02. The molecule has 1 aromatic rings. The van der Waals surface area contributed by atoms with Crippen LogP contribution in [0.5, 0.6) is 0 Å². The molecule has 0 saturated heterocycles. The summed E-state index contributed by atoms with van der Waals surface area (Å²) in [4.78, 5) is 11.2. The highest BCUT2D eigenvalue weighted by Gasteiger charge is 2.07. The standard InChI is InChI=1S/C9H11ClN2O2/c1-14-9(13)6-2-3-7(10)8(4-6)12-5-11/h2-4,12H,5,11H2,1H3. The van der Waals surface area contributed by atoms with Crippen LogP contribution in [0.25, 0.3) is 0 Å². The first kappa shape index (κ1) is 10.8. The van der Waals surface area contributed by atoms with Crippen molar-refractivity contribution in [3.63, 3.8) is 0 Å². The van der Waals surface area contributed by atoms with Crippen LogP contribution in [0, 0.1) is 0 Å². The predicted octanol–water partition coefficient (Wildman–Crippen LogP) is 1.45. The molecular formula is C9H11ClN2O2. The Hall–Kier alpha value is -1.26. The highest BCUT2D eigenvalue weighted by Crippen LogP contribution is 2.22. The van der Waals surface area contributed by atoms with Crippen LogP contribution < -0.4 is 11.1 Å². The van der Waals surface area contributed by atoms with Gasteiger partial charge in [-0.15, -0.1) is 0 Å². The van der Waals surface area contributed by atoms with Gasteiger partial charge >= 0.3 is 5.97 Å². The number of hydrogen-bond donors (Lipinski definition) is 2. The van der Waals surface area contributed by atoms with Crippen LogP contribution in [0.3, 0.4) is 0 Å². The lowest BCUT2D eigenvalue weighted by Crippen LogP contribution is -2.12. The van der Waals surface area contributed by atoms with E-state index in [0.717, 1.165) is 0 Å². The minimum Gasteiger partial charge on any atom is -0.465 e. The van der Waals surface area contributed by atoms with Crippen molar-refractivity contribution in [2.45, 2.75) is 0 Å². The zero-order valence-electron chi connectivity index (χ0n) is 7.71. The van der Waals surface area contributed by atoms with Crippen molar-refractivity contribution in [1.82, 2.24) is 0 Å². The molecule has 0 aromatic heterocycles. The molecule has 3 N–H and O–H groups in total. The van der Waals surface area contributed by atoms with Crippen molar-refractivity contribution < 1.29 is 9.53 Å². The van der Waals surface area contributed by atoms with E-state index < -0.39 is 5.97 Å². The molecule has 0 aliphatic carbocycles. The molecule has 14 heavy (non-hydrogen) atoms. The summed E-state index contributed by atoms with van der Waals surface area (Å²) in [6, 6.07) is 4.81. The molecule has 0 radical (unpaired) electrons. The fourth-order valence-corrected chi connectivity index (χ4v) is 1.20. The average molecular weight is 215 g/mol. The second-order valence-corrected chi connectivity index (χ2v) is 2.97. The molecule has 5 heteroatoms. The van der Waals surface area contributed by atoms with E-state index in [1.807, 2.05) is 0 Å². The van der Waals surface area contributed by atoms with E-state index >= 15 is 0 Å². The van der Waals surface area contributed by atoms with Crippen LogP contribution in [0.15, 0.2) is 18.2 Å². The fraction of sp³-hybridized carbons (Fsp3) is 0.222. The number of halogens is 1. The molecule has 4 nitrogen and oxygen atoms in total. The summed E-state index contributed by atoms with van der Waals surface area (Å²) in [6.45, 7) is 0.254. The summed E-state index contributed by atoms with van der Waals surface area (Å²) in [5, 5.41) is 3.35. The second-order valence-electron chi connectivity index (χ2n) is 2.57. The smallest absolute Gasteiger partial charge is 0.337 e. The van der Waals surface area contributed by atoms with Crippen LogP contribution in [0.4, 0.5) is 5.69 Å². The lowest BCUT2D eigenvalue weighted by molar-refractivity contribution is 0.0601.